The van der Waals surface area contributed by atoms with Gasteiger partial charge in [0, 0.05) is 36.9 Å². The van der Waals surface area contributed by atoms with Gasteiger partial charge in [0.1, 0.15) is 11.4 Å². The van der Waals surface area contributed by atoms with Gasteiger partial charge in [0.25, 0.3) is 5.91 Å². The van der Waals surface area contributed by atoms with Gasteiger partial charge in [-0.05, 0) is 36.8 Å². The highest BCUT2D eigenvalue weighted by atomic mass is 16.5. The Balaban J connectivity index is 1.97. The van der Waals surface area contributed by atoms with Crippen molar-refractivity contribution in [2.45, 2.75) is 6.92 Å². The second-order valence-electron chi connectivity index (χ2n) is 6.64. The first-order valence-corrected chi connectivity index (χ1v) is 8.80. The van der Waals surface area contributed by atoms with Crippen molar-refractivity contribution in [3.8, 4) is 17.2 Å². The summed E-state index contributed by atoms with van der Waals surface area (Å²) in [6, 6.07) is 9.28. The molecule has 1 aromatic heterocycles. The maximum absolute atomic E-state index is 12.8. The molecule has 148 valence electrons. The number of methoxy groups -OCH3 is 3. The third kappa shape index (κ3) is 3.43. The molecule has 1 amide bonds. The number of nitrogens with one attached hydrogen (secondary N) is 2. The standard InChI is InChI=1S/C21H25N3O4/c1-12-9-13(7-8-16(12)24(2)3)22-21(25)15-10-14-17(26-4)11-18(27-5)20(28-6)19(14)23-15/h7-11,23H,1-6H3,(H,22,25). The van der Waals surface area contributed by atoms with Crippen molar-refractivity contribution >= 4 is 28.2 Å². The van der Waals surface area contributed by atoms with Crippen molar-refractivity contribution in [2.24, 2.45) is 0 Å². The Kier molecular flexibility index (Phi) is 5.35. The molecular weight excluding hydrogens is 358 g/mol. The Labute approximate surface area is 164 Å². The third-order valence-corrected chi connectivity index (χ3v) is 4.62. The van der Waals surface area contributed by atoms with Crippen molar-refractivity contribution in [2.75, 3.05) is 45.6 Å². The summed E-state index contributed by atoms with van der Waals surface area (Å²) in [5.41, 5.74) is 3.94. The highest BCUT2D eigenvalue weighted by molar-refractivity contribution is 6.08. The molecule has 0 spiro atoms. The fourth-order valence-corrected chi connectivity index (χ4v) is 3.29. The molecule has 28 heavy (non-hydrogen) atoms. The van der Waals surface area contributed by atoms with Crippen LogP contribution in [0, 0.1) is 6.92 Å². The van der Waals surface area contributed by atoms with Crippen LogP contribution in [-0.4, -0.2) is 46.3 Å². The molecule has 0 aliphatic heterocycles. The minimum absolute atomic E-state index is 0.253. The van der Waals surface area contributed by atoms with Crippen LogP contribution >= 0.6 is 0 Å². The molecule has 7 heteroatoms. The number of amides is 1. The summed E-state index contributed by atoms with van der Waals surface area (Å²) in [5, 5.41) is 3.67. The van der Waals surface area contributed by atoms with Crippen LogP contribution in [0.1, 0.15) is 16.1 Å². The first-order chi connectivity index (χ1) is 13.4. The van der Waals surface area contributed by atoms with E-state index in [2.05, 4.69) is 10.3 Å². The van der Waals surface area contributed by atoms with E-state index < -0.39 is 0 Å². The summed E-state index contributed by atoms with van der Waals surface area (Å²) in [4.78, 5) is 18.0. The fraction of sp³-hybridized carbons (Fsp3) is 0.286. The average Bonchev–Trinajstić information content (AvgIpc) is 3.11. The van der Waals surface area contributed by atoms with Crippen molar-refractivity contribution in [1.82, 2.24) is 4.98 Å². The van der Waals surface area contributed by atoms with E-state index in [-0.39, 0.29) is 5.91 Å². The molecule has 0 fully saturated rings. The van der Waals surface area contributed by atoms with Crippen LogP contribution in [-0.2, 0) is 0 Å². The van der Waals surface area contributed by atoms with Crippen LogP contribution < -0.4 is 24.4 Å². The molecule has 3 rings (SSSR count). The zero-order valence-electron chi connectivity index (χ0n) is 17.0. The largest absolute Gasteiger partial charge is 0.496 e. The number of H-pyrrole nitrogens is 1. The smallest absolute Gasteiger partial charge is 0.272 e. The maximum Gasteiger partial charge on any atom is 0.272 e. The van der Waals surface area contributed by atoms with Gasteiger partial charge in [0.2, 0.25) is 0 Å². The zero-order valence-corrected chi connectivity index (χ0v) is 17.0. The first kappa shape index (κ1) is 19.4. The highest BCUT2D eigenvalue weighted by Crippen LogP contribution is 2.41. The lowest BCUT2D eigenvalue weighted by atomic mass is 10.1. The number of aryl methyl sites for hydroxylation is 1. The molecule has 0 atom stereocenters. The second-order valence-corrected chi connectivity index (χ2v) is 6.64. The van der Waals surface area contributed by atoms with Crippen LogP contribution in [0.3, 0.4) is 0 Å². The lowest BCUT2D eigenvalue weighted by Gasteiger charge is -2.16. The van der Waals surface area contributed by atoms with E-state index in [1.54, 1.807) is 33.5 Å². The summed E-state index contributed by atoms with van der Waals surface area (Å²) in [5.74, 6) is 1.38. The summed E-state index contributed by atoms with van der Waals surface area (Å²) >= 11 is 0. The van der Waals surface area contributed by atoms with Gasteiger partial charge in [0.15, 0.2) is 11.5 Å². The van der Waals surface area contributed by atoms with Crippen LogP contribution in [0.25, 0.3) is 10.9 Å². The molecule has 0 bridgehead atoms. The first-order valence-electron chi connectivity index (χ1n) is 8.80. The topological polar surface area (TPSA) is 75.8 Å². The lowest BCUT2D eigenvalue weighted by molar-refractivity contribution is 0.102. The summed E-state index contributed by atoms with van der Waals surface area (Å²) in [6.07, 6.45) is 0. The van der Waals surface area contributed by atoms with Crippen LogP contribution in [0.15, 0.2) is 30.3 Å². The van der Waals surface area contributed by atoms with Crippen molar-refractivity contribution in [3.05, 3.63) is 41.6 Å². The zero-order chi connectivity index (χ0) is 20.4. The molecule has 0 radical (unpaired) electrons. The molecule has 2 aromatic carbocycles. The number of aromatic nitrogens is 1. The minimum Gasteiger partial charge on any atom is -0.496 e. The summed E-state index contributed by atoms with van der Waals surface area (Å²) in [7, 11) is 8.65. The second kappa shape index (κ2) is 7.72. The Morgan fingerprint density at radius 2 is 1.71 bits per heavy atom. The molecule has 0 aliphatic carbocycles. The molecule has 0 aliphatic rings. The molecule has 0 unspecified atom stereocenters. The Morgan fingerprint density at radius 1 is 1.00 bits per heavy atom. The Morgan fingerprint density at radius 3 is 2.29 bits per heavy atom. The van der Waals surface area contributed by atoms with Crippen molar-refractivity contribution in [1.29, 1.82) is 0 Å². The summed E-state index contributed by atoms with van der Waals surface area (Å²) < 4.78 is 16.3. The van der Waals surface area contributed by atoms with Gasteiger partial charge in [-0.25, -0.2) is 0 Å². The van der Waals surface area contributed by atoms with Gasteiger partial charge < -0.3 is 29.4 Å². The quantitative estimate of drug-likeness (QED) is 0.677. The number of rotatable bonds is 6. The van der Waals surface area contributed by atoms with Gasteiger partial charge in [-0.15, -0.1) is 0 Å². The predicted octanol–water partition coefficient (Wildman–Crippen LogP) is 3.82. The van der Waals surface area contributed by atoms with Crippen LogP contribution in [0.5, 0.6) is 17.2 Å². The number of nitrogens with zero attached hydrogens (tertiary/aromatic N) is 1. The average molecular weight is 383 g/mol. The number of hydrogen-bond acceptors (Lipinski definition) is 5. The number of hydrogen-bond donors (Lipinski definition) is 2. The van der Waals surface area contributed by atoms with E-state index in [0.717, 1.165) is 22.3 Å². The van der Waals surface area contributed by atoms with Crippen LogP contribution in [0.4, 0.5) is 11.4 Å². The number of carbonyl (C=O) groups is 1. The monoisotopic (exact) mass is 383 g/mol. The van der Waals surface area contributed by atoms with E-state index in [1.807, 2.05) is 44.1 Å². The van der Waals surface area contributed by atoms with Crippen LogP contribution in [0.2, 0.25) is 0 Å². The normalized spacial score (nSPS) is 10.6. The molecule has 1 heterocycles. The van der Waals surface area contributed by atoms with E-state index in [4.69, 9.17) is 14.2 Å². The number of fused-ring (bicyclic) bond motifs is 1. The van der Waals surface area contributed by atoms with Gasteiger partial charge in [-0.2, -0.15) is 0 Å². The molecule has 0 saturated heterocycles. The number of aromatic amines is 1. The molecular formula is C21H25N3O4. The van der Waals surface area contributed by atoms with E-state index in [0.29, 0.717) is 28.5 Å². The number of benzene rings is 2. The van der Waals surface area contributed by atoms with Gasteiger partial charge in [-0.1, -0.05) is 0 Å². The van der Waals surface area contributed by atoms with Gasteiger partial charge in [0.05, 0.1) is 26.8 Å². The van der Waals surface area contributed by atoms with Crippen molar-refractivity contribution in [3.63, 3.8) is 0 Å². The molecule has 3 aromatic rings. The van der Waals surface area contributed by atoms with Crippen molar-refractivity contribution < 1.29 is 19.0 Å². The predicted molar refractivity (Wildman–Crippen MR) is 111 cm³/mol. The van der Waals surface area contributed by atoms with Gasteiger partial charge >= 0.3 is 0 Å². The Hall–Kier alpha value is -3.35. The Bertz CT molecular complexity index is 1020. The van der Waals surface area contributed by atoms with E-state index >= 15 is 0 Å². The number of anilines is 2. The number of carbonyl (C=O) groups excluding carboxylic acids is 1. The van der Waals surface area contributed by atoms with E-state index in [1.165, 1.54) is 0 Å². The highest BCUT2D eigenvalue weighted by Gasteiger charge is 2.19. The minimum atomic E-state index is -0.253. The SMILES string of the molecule is COc1cc(OC)c2cc(C(=O)Nc3ccc(N(C)C)c(C)c3)[nH]c2c1OC. The van der Waals surface area contributed by atoms with E-state index in [9.17, 15) is 4.79 Å². The molecule has 0 saturated carbocycles. The molecule has 2 N–H and O–H groups in total. The number of ether oxygens (including phenoxy) is 3. The lowest BCUT2D eigenvalue weighted by Crippen LogP contribution is -2.14. The fourth-order valence-electron chi connectivity index (χ4n) is 3.29. The third-order valence-electron chi connectivity index (χ3n) is 4.62. The van der Waals surface area contributed by atoms with Gasteiger partial charge in [-0.3, -0.25) is 4.79 Å². The summed E-state index contributed by atoms with van der Waals surface area (Å²) in [6.45, 7) is 2.01. The maximum atomic E-state index is 12.8. The molecule has 7 nitrogen and oxygen atoms in total.